The van der Waals surface area contributed by atoms with Crippen molar-refractivity contribution in [1.29, 1.82) is 0 Å². The summed E-state index contributed by atoms with van der Waals surface area (Å²) in [5.74, 6) is -0.511. The molecular weight excluding hydrogens is 374 g/mol. The highest BCUT2D eigenvalue weighted by Crippen LogP contribution is 2.25. The smallest absolute Gasteiger partial charge is 0.335 e. The summed E-state index contributed by atoms with van der Waals surface area (Å²) in [5, 5.41) is 10.6. The molecule has 0 aliphatic heterocycles. The third-order valence-corrected chi connectivity index (χ3v) is 4.96. The lowest BCUT2D eigenvalue weighted by molar-refractivity contribution is -0.142. The minimum Gasteiger partial charge on any atom is -0.468 e. The van der Waals surface area contributed by atoms with E-state index < -0.39 is 23.3 Å². The summed E-state index contributed by atoms with van der Waals surface area (Å²) < 4.78 is 7.15. The van der Waals surface area contributed by atoms with Crippen LogP contribution in [-0.4, -0.2) is 40.0 Å². The summed E-state index contributed by atoms with van der Waals surface area (Å²) in [4.78, 5) is 37.3. The van der Waals surface area contributed by atoms with E-state index in [4.69, 9.17) is 15.6 Å². The summed E-state index contributed by atoms with van der Waals surface area (Å²) in [5.41, 5.74) is 6.66. The highest BCUT2D eigenvalue weighted by Gasteiger charge is 2.17. The van der Waals surface area contributed by atoms with Crippen molar-refractivity contribution in [2.75, 3.05) is 13.7 Å². The molecule has 0 radical (unpaired) electrons. The minimum atomic E-state index is -0.817. The standard InChI is InChI=1S/C21H23N3O5/c1-23-14(9-10-25)12-19(26)24(21(23)28)18-8-4-6-15-13(5-3-7-16(15)18)11-17(22)20(27)29-2/h3-8,12,17,25H,9-11,22H2,1-2H3/t17-/m0/s1. The van der Waals surface area contributed by atoms with Crippen LogP contribution in [0.3, 0.4) is 0 Å². The molecule has 1 heterocycles. The van der Waals surface area contributed by atoms with Crippen LogP contribution in [0.1, 0.15) is 11.3 Å². The first-order chi connectivity index (χ1) is 13.9. The van der Waals surface area contributed by atoms with E-state index in [2.05, 4.69) is 0 Å². The zero-order valence-electron chi connectivity index (χ0n) is 16.3. The first kappa shape index (κ1) is 20.5. The zero-order valence-corrected chi connectivity index (χ0v) is 16.3. The second-order valence-electron chi connectivity index (χ2n) is 6.75. The molecule has 0 bridgehead atoms. The number of nitrogens with zero attached hydrogens (tertiary/aromatic N) is 2. The summed E-state index contributed by atoms with van der Waals surface area (Å²) in [6.07, 6.45) is 0.475. The first-order valence-corrected chi connectivity index (χ1v) is 9.16. The highest BCUT2D eigenvalue weighted by atomic mass is 16.5. The number of aliphatic hydroxyl groups is 1. The second kappa shape index (κ2) is 8.42. The molecule has 0 amide bonds. The van der Waals surface area contributed by atoms with Crippen LogP contribution < -0.4 is 17.0 Å². The van der Waals surface area contributed by atoms with E-state index >= 15 is 0 Å². The average Bonchev–Trinajstić information content (AvgIpc) is 2.72. The van der Waals surface area contributed by atoms with Crippen molar-refractivity contribution < 1.29 is 14.6 Å². The number of hydrogen-bond donors (Lipinski definition) is 2. The molecule has 29 heavy (non-hydrogen) atoms. The van der Waals surface area contributed by atoms with E-state index in [-0.39, 0.29) is 19.4 Å². The van der Waals surface area contributed by atoms with Crippen LogP contribution in [0.5, 0.6) is 0 Å². The van der Waals surface area contributed by atoms with Gasteiger partial charge in [-0.15, -0.1) is 0 Å². The highest BCUT2D eigenvalue weighted by molar-refractivity contribution is 5.93. The Morgan fingerprint density at radius 1 is 1.17 bits per heavy atom. The number of rotatable bonds is 6. The molecule has 1 atom stereocenters. The maximum absolute atomic E-state index is 12.9. The van der Waals surface area contributed by atoms with Crippen molar-refractivity contribution in [2.45, 2.75) is 18.9 Å². The lowest BCUT2D eigenvalue weighted by Gasteiger charge is -2.15. The van der Waals surface area contributed by atoms with Crippen molar-refractivity contribution in [2.24, 2.45) is 12.8 Å². The molecule has 0 saturated heterocycles. The number of nitrogens with two attached hydrogens (primary N) is 1. The fourth-order valence-corrected chi connectivity index (χ4v) is 3.45. The molecule has 0 spiro atoms. The monoisotopic (exact) mass is 397 g/mol. The Kier molecular flexibility index (Phi) is 5.95. The first-order valence-electron chi connectivity index (χ1n) is 9.16. The van der Waals surface area contributed by atoms with Gasteiger partial charge in [-0.1, -0.05) is 30.3 Å². The lowest BCUT2D eigenvalue weighted by Crippen LogP contribution is -2.39. The second-order valence-corrected chi connectivity index (χ2v) is 6.75. The third-order valence-electron chi connectivity index (χ3n) is 4.96. The Bertz CT molecular complexity index is 1180. The van der Waals surface area contributed by atoms with Gasteiger partial charge in [0.1, 0.15) is 6.04 Å². The lowest BCUT2D eigenvalue weighted by atomic mass is 9.98. The molecule has 8 nitrogen and oxygen atoms in total. The number of aromatic nitrogens is 2. The van der Waals surface area contributed by atoms with Crippen LogP contribution in [0.2, 0.25) is 0 Å². The van der Waals surface area contributed by atoms with Gasteiger partial charge in [0.2, 0.25) is 0 Å². The molecule has 3 N–H and O–H groups in total. The predicted molar refractivity (Wildman–Crippen MR) is 109 cm³/mol. The maximum atomic E-state index is 12.9. The normalized spacial score (nSPS) is 12.1. The molecule has 1 aromatic heterocycles. The van der Waals surface area contributed by atoms with Gasteiger partial charge >= 0.3 is 11.7 Å². The van der Waals surface area contributed by atoms with E-state index in [0.29, 0.717) is 16.8 Å². The molecule has 2 aromatic carbocycles. The van der Waals surface area contributed by atoms with Crippen molar-refractivity contribution in [1.82, 2.24) is 9.13 Å². The van der Waals surface area contributed by atoms with Crippen molar-refractivity contribution in [3.05, 3.63) is 74.6 Å². The summed E-state index contributed by atoms with van der Waals surface area (Å²) >= 11 is 0. The van der Waals surface area contributed by atoms with Crippen LogP contribution in [-0.2, 0) is 29.4 Å². The van der Waals surface area contributed by atoms with Crippen LogP contribution in [0.25, 0.3) is 16.5 Å². The Morgan fingerprint density at radius 3 is 2.55 bits per heavy atom. The number of fused-ring (bicyclic) bond motifs is 1. The van der Waals surface area contributed by atoms with Gasteiger partial charge in [-0.2, -0.15) is 0 Å². The number of ether oxygens (including phenoxy) is 1. The summed E-state index contributed by atoms with van der Waals surface area (Å²) in [7, 11) is 2.85. The molecule has 152 valence electrons. The van der Waals surface area contributed by atoms with Crippen LogP contribution >= 0.6 is 0 Å². The summed E-state index contributed by atoms with van der Waals surface area (Å²) in [6, 6.07) is 11.3. The minimum absolute atomic E-state index is 0.158. The molecule has 0 saturated carbocycles. The molecule has 0 unspecified atom stereocenters. The van der Waals surface area contributed by atoms with Gasteiger partial charge in [0.05, 0.1) is 12.8 Å². The molecule has 0 fully saturated rings. The van der Waals surface area contributed by atoms with Gasteiger partial charge in [0.25, 0.3) is 5.56 Å². The number of carbonyl (C=O) groups is 1. The predicted octanol–water partition coefficient (Wildman–Crippen LogP) is 0.267. The van der Waals surface area contributed by atoms with Gasteiger partial charge in [-0.3, -0.25) is 9.59 Å². The fraction of sp³-hybridized carbons (Fsp3) is 0.286. The SMILES string of the molecule is COC(=O)[C@@H](N)Cc1cccc2c(-n3c(=O)cc(CCO)n(C)c3=O)cccc12. The number of carbonyl (C=O) groups excluding carboxylic acids is 1. The van der Waals surface area contributed by atoms with E-state index in [1.165, 1.54) is 17.7 Å². The average molecular weight is 397 g/mol. The van der Waals surface area contributed by atoms with E-state index in [0.717, 1.165) is 15.5 Å². The molecule has 3 rings (SSSR count). The number of methoxy groups -OCH3 is 1. The molecule has 0 aliphatic carbocycles. The Balaban J connectivity index is 2.20. The molecule has 8 heteroatoms. The van der Waals surface area contributed by atoms with Gasteiger partial charge in [0.15, 0.2) is 0 Å². The summed E-state index contributed by atoms with van der Waals surface area (Å²) in [6.45, 7) is -0.158. The Labute approximate surface area is 166 Å². The fourth-order valence-electron chi connectivity index (χ4n) is 3.45. The largest absolute Gasteiger partial charge is 0.468 e. The number of aliphatic hydroxyl groups excluding tert-OH is 1. The van der Waals surface area contributed by atoms with E-state index in [1.807, 2.05) is 18.2 Å². The third kappa shape index (κ3) is 3.85. The van der Waals surface area contributed by atoms with Gasteiger partial charge in [-0.05, 0) is 23.4 Å². The molecule has 3 aromatic rings. The molecule has 0 aliphatic rings. The number of hydrogen-bond acceptors (Lipinski definition) is 6. The number of benzene rings is 2. The van der Waals surface area contributed by atoms with Crippen molar-refractivity contribution >= 4 is 16.7 Å². The van der Waals surface area contributed by atoms with Crippen molar-refractivity contribution in [3.63, 3.8) is 0 Å². The maximum Gasteiger partial charge on any atom is 0.335 e. The zero-order chi connectivity index (χ0) is 21.1. The van der Waals surface area contributed by atoms with Crippen LogP contribution in [0, 0.1) is 0 Å². The molecular formula is C21H23N3O5. The van der Waals surface area contributed by atoms with Gasteiger partial charge in [-0.25, -0.2) is 9.36 Å². The van der Waals surface area contributed by atoms with Crippen molar-refractivity contribution in [3.8, 4) is 5.69 Å². The van der Waals surface area contributed by atoms with Crippen LogP contribution in [0.15, 0.2) is 52.1 Å². The topological polar surface area (TPSA) is 117 Å². The Hall–Kier alpha value is -3.23. The van der Waals surface area contributed by atoms with Crippen LogP contribution in [0.4, 0.5) is 0 Å². The van der Waals surface area contributed by atoms with Gasteiger partial charge < -0.3 is 20.1 Å². The quantitative estimate of drug-likeness (QED) is 0.577. The van der Waals surface area contributed by atoms with E-state index in [1.54, 1.807) is 25.2 Å². The van der Waals surface area contributed by atoms with E-state index in [9.17, 15) is 14.4 Å². The number of esters is 1. The van der Waals surface area contributed by atoms with Gasteiger partial charge in [0, 0.05) is 37.2 Å². The Morgan fingerprint density at radius 2 is 1.86 bits per heavy atom.